The summed E-state index contributed by atoms with van der Waals surface area (Å²) in [6, 6.07) is 14.3. The van der Waals surface area contributed by atoms with Gasteiger partial charge in [-0.05, 0) is 41.3 Å². The van der Waals surface area contributed by atoms with E-state index in [2.05, 4.69) is 52.5 Å². The van der Waals surface area contributed by atoms with Crippen LogP contribution in [0.5, 0.6) is 5.75 Å². The van der Waals surface area contributed by atoms with E-state index < -0.39 is 0 Å². The number of ether oxygens (including phenoxy) is 1. The van der Waals surface area contributed by atoms with Gasteiger partial charge in [-0.1, -0.05) is 47.1 Å². The monoisotopic (exact) mass is 334 g/mol. The van der Waals surface area contributed by atoms with Crippen molar-refractivity contribution in [2.45, 2.75) is 19.4 Å². The van der Waals surface area contributed by atoms with Crippen molar-refractivity contribution in [2.75, 3.05) is 7.11 Å². The van der Waals surface area contributed by atoms with Crippen LogP contribution in [0.3, 0.4) is 0 Å². The SMILES string of the molecule is CCc1cccc(C(NN)c2cc(OC)ccc2Br)c1. The number of rotatable bonds is 5. The maximum atomic E-state index is 5.78. The predicted octanol–water partition coefficient (Wildman–Crippen LogP) is 3.57. The molecule has 0 aromatic heterocycles. The molecular weight excluding hydrogens is 316 g/mol. The van der Waals surface area contributed by atoms with Crippen molar-refractivity contribution in [2.24, 2.45) is 5.84 Å². The van der Waals surface area contributed by atoms with Crippen LogP contribution in [0, 0.1) is 0 Å². The minimum Gasteiger partial charge on any atom is -0.497 e. The highest BCUT2D eigenvalue weighted by Crippen LogP contribution is 2.31. The Morgan fingerprint density at radius 2 is 2.05 bits per heavy atom. The molecule has 4 heteroatoms. The summed E-state index contributed by atoms with van der Waals surface area (Å²) in [7, 11) is 1.66. The molecule has 2 rings (SSSR count). The van der Waals surface area contributed by atoms with E-state index in [4.69, 9.17) is 10.6 Å². The molecule has 3 N–H and O–H groups in total. The van der Waals surface area contributed by atoms with Crippen LogP contribution in [-0.4, -0.2) is 7.11 Å². The Labute approximate surface area is 128 Å². The van der Waals surface area contributed by atoms with Gasteiger partial charge in [0.05, 0.1) is 13.2 Å². The van der Waals surface area contributed by atoms with Crippen LogP contribution >= 0.6 is 15.9 Å². The first-order valence-corrected chi connectivity index (χ1v) is 7.37. The maximum Gasteiger partial charge on any atom is 0.119 e. The molecule has 0 aliphatic carbocycles. The third kappa shape index (κ3) is 3.20. The lowest BCUT2D eigenvalue weighted by Crippen LogP contribution is -2.29. The molecule has 0 bridgehead atoms. The van der Waals surface area contributed by atoms with Crippen LogP contribution in [0.25, 0.3) is 0 Å². The molecule has 20 heavy (non-hydrogen) atoms. The minimum absolute atomic E-state index is 0.0778. The number of methoxy groups -OCH3 is 1. The number of nitrogens with one attached hydrogen (secondary N) is 1. The molecule has 0 spiro atoms. The van der Waals surface area contributed by atoms with Gasteiger partial charge >= 0.3 is 0 Å². The molecule has 1 unspecified atom stereocenters. The summed E-state index contributed by atoms with van der Waals surface area (Å²) < 4.78 is 6.30. The number of halogens is 1. The summed E-state index contributed by atoms with van der Waals surface area (Å²) >= 11 is 3.58. The highest BCUT2D eigenvalue weighted by atomic mass is 79.9. The van der Waals surface area contributed by atoms with Gasteiger partial charge in [-0.2, -0.15) is 0 Å². The van der Waals surface area contributed by atoms with Gasteiger partial charge in [0.2, 0.25) is 0 Å². The third-order valence-corrected chi connectivity index (χ3v) is 4.10. The number of benzene rings is 2. The molecule has 0 fully saturated rings. The summed E-state index contributed by atoms with van der Waals surface area (Å²) in [6.07, 6.45) is 1.00. The van der Waals surface area contributed by atoms with Crippen LogP contribution < -0.4 is 16.0 Å². The van der Waals surface area contributed by atoms with E-state index in [0.29, 0.717) is 0 Å². The van der Waals surface area contributed by atoms with Crippen molar-refractivity contribution in [3.8, 4) is 5.75 Å². The zero-order valence-corrected chi connectivity index (χ0v) is 13.3. The van der Waals surface area contributed by atoms with E-state index in [1.165, 1.54) is 5.56 Å². The number of hydrazine groups is 1. The second kappa shape index (κ2) is 6.88. The Balaban J connectivity index is 2.45. The fourth-order valence-corrected chi connectivity index (χ4v) is 2.70. The van der Waals surface area contributed by atoms with Gasteiger partial charge in [-0.25, -0.2) is 5.43 Å². The van der Waals surface area contributed by atoms with Gasteiger partial charge in [0.15, 0.2) is 0 Å². The van der Waals surface area contributed by atoms with E-state index >= 15 is 0 Å². The average Bonchev–Trinajstić information content (AvgIpc) is 2.50. The van der Waals surface area contributed by atoms with Gasteiger partial charge in [0.1, 0.15) is 5.75 Å². The summed E-state index contributed by atoms with van der Waals surface area (Å²) in [5, 5.41) is 0. The summed E-state index contributed by atoms with van der Waals surface area (Å²) in [5.74, 6) is 6.59. The summed E-state index contributed by atoms with van der Waals surface area (Å²) in [6.45, 7) is 2.14. The fourth-order valence-electron chi connectivity index (χ4n) is 2.23. The molecule has 0 amide bonds. The van der Waals surface area contributed by atoms with Crippen molar-refractivity contribution >= 4 is 15.9 Å². The molecule has 0 aliphatic rings. The summed E-state index contributed by atoms with van der Waals surface area (Å²) in [5.41, 5.74) is 6.38. The zero-order chi connectivity index (χ0) is 14.5. The molecule has 0 radical (unpaired) electrons. The Morgan fingerprint density at radius 3 is 2.70 bits per heavy atom. The van der Waals surface area contributed by atoms with Gasteiger partial charge in [-0.15, -0.1) is 0 Å². The van der Waals surface area contributed by atoms with Crippen molar-refractivity contribution in [1.82, 2.24) is 5.43 Å². The first-order chi connectivity index (χ1) is 9.69. The molecule has 106 valence electrons. The Bertz CT molecular complexity index is 586. The average molecular weight is 335 g/mol. The molecule has 2 aromatic carbocycles. The lowest BCUT2D eigenvalue weighted by molar-refractivity contribution is 0.413. The number of nitrogens with two attached hydrogens (primary N) is 1. The smallest absolute Gasteiger partial charge is 0.119 e. The first kappa shape index (κ1) is 15.0. The van der Waals surface area contributed by atoms with E-state index in [1.807, 2.05) is 18.2 Å². The number of hydrogen-bond acceptors (Lipinski definition) is 3. The van der Waals surface area contributed by atoms with Crippen LogP contribution in [0.1, 0.15) is 29.7 Å². The van der Waals surface area contributed by atoms with E-state index in [-0.39, 0.29) is 6.04 Å². The molecule has 0 saturated carbocycles. The third-order valence-electron chi connectivity index (χ3n) is 3.37. The van der Waals surface area contributed by atoms with Crippen molar-refractivity contribution in [1.29, 1.82) is 0 Å². The van der Waals surface area contributed by atoms with E-state index in [9.17, 15) is 0 Å². The Morgan fingerprint density at radius 1 is 1.25 bits per heavy atom. The second-order valence-corrected chi connectivity index (χ2v) is 5.44. The Hall–Kier alpha value is -1.36. The molecule has 3 nitrogen and oxygen atoms in total. The van der Waals surface area contributed by atoms with Gasteiger partial charge in [-0.3, -0.25) is 5.84 Å². The van der Waals surface area contributed by atoms with Crippen molar-refractivity contribution in [3.63, 3.8) is 0 Å². The van der Waals surface area contributed by atoms with Crippen LogP contribution in [0.15, 0.2) is 46.9 Å². The topological polar surface area (TPSA) is 47.3 Å². The van der Waals surface area contributed by atoms with Gasteiger partial charge in [0, 0.05) is 4.47 Å². The largest absolute Gasteiger partial charge is 0.497 e. The quantitative estimate of drug-likeness (QED) is 0.649. The van der Waals surface area contributed by atoms with Crippen LogP contribution in [0.2, 0.25) is 0 Å². The molecular formula is C16H19BrN2O. The Kier molecular flexibility index (Phi) is 5.17. The fraction of sp³-hybridized carbons (Fsp3) is 0.250. The van der Waals surface area contributed by atoms with E-state index in [0.717, 1.165) is 27.8 Å². The van der Waals surface area contributed by atoms with Gasteiger partial charge in [0.25, 0.3) is 0 Å². The lowest BCUT2D eigenvalue weighted by atomic mass is 9.97. The number of hydrogen-bond donors (Lipinski definition) is 2. The highest BCUT2D eigenvalue weighted by molar-refractivity contribution is 9.10. The van der Waals surface area contributed by atoms with Crippen LogP contribution in [-0.2, 0) is 6.42 Å². The molecule has 2 aromatic rings. The van der Waals surface area contributed by atoms with Crippen LogP contribution in [0.4, 0.5) is 0 Å². The molecule has 0 aliphatic heterocycles. The maximum absolute atomic E-state index is 5.78. The molecule has 0 heterocycles. The zero-order valence-electron chi connectivity index (χ0n) is 11.7. The lowest BCUT2D eigenvalue weighted by Gasteiger charge is -2.20. The first-order valence-electron chi connectivity index (χ1n) is 6.58. The predicted molar refractivity (Wildman–Crippen MR) is 85.7 cm³/mol. The molecule has 0 saturated heterocycles. The van der Waals surface area contributed by atoms with Crippen molar-refractivity contribution in [3.05, 3.63) is 63.6 Å². The number of aryl methyl sites for hydroxylation is 1. The normalized spacial score (nSPS) is 12.2. The second-order valence-electron chi connectivity index (χ2n) is 4.59. The van der Waals surface area contributed by atoms with E-state index in [1.54, 1.807) is 7.11 Å². The summed E-state index contributed by atoms with van der Waals surface area (Å²) in [4.78, 5) is 0. The minimum atomic E-state index is -0.0778. The van der Waals surface area contributed by atoms with Gasteiger partial charge < -0.3 is 4.74 Å². The highest BCUT2D eigenvalue weighted by Gasteiger charge is 2.16. The molecule has 1 atom stereocenters. The standard InChI is InChI=1S/C16H19BrN2O/c1-3-11-5-4-6-12(9-11)16(19-18)14-10-13(20-2)7-8-15(14)17/h4-10,16,19H,3,18H2,1-2H3. The van der Waals surface area contributed by atoms with Crippen molar-refractivity contribution < 1.29 is 4.74 Å².